The van der Waals surface area contributed by atoms with Crippen molar-refractivity contribution in [3.05, 3.63) is 46.5 Å². The molecule has 1 amide bonds. The highest BCUT2D eigenvalue weighted by molar-refractivity contribution is 7.83. The molecular weight excluding hydrogens is 280 g/mol. The monoisotopic (exact) mass is 294 g/mol. The molecule has 1 aromatic heterocycles. The summed E-state index contributed by atoms with van der Waals surface area (Å²) in [5, 5.41) is 5.22. The van der Waals surface area contributed by atoms with E-state index in [1.807, 2.05) is 18.4 Å². The smallest absolute Gasteiger partial charge is 0.257 e. The van der Waals surface area contributed by atoms with E-state index in [1.54, 1.807) is 24.5 Å². The zero-order valence-electron chi connectivity index (χ0n) is 10.7. The van der Waals surface area contributed by atoms with Crippen LogP contribution in [0, 0.1) is 6.92 Å². The van der Waals surface area contributed by atoms with Crippen LogP contribution in [0.1, 0.15) is 21.6 Å². The highest BCUT2D eigenvalue weighted by Crippen LogP contribution is 2.16. The zero-order chi connectivity index (χ0) is 13.8. The molecule has 19 heavy (non-hydrogen) atoms. The van der Waals surface area contributed by atoms with Gasteiger partial charge in [-0.25, -0.2) is 4.98 Å². The molecule has 1 heterocycles. The van der Waals surface area contributed by atoms with Crippen molar-refractivity contribution < 1.29 is 9.00 Å². The van der Waals surface area contributed by atoms with Crippen LogP contribution in [0.15, 0.2) is 29.6 Å². The molecular formula is C13H14N2O2S2. The molecule has 1 aromatic carbocycles. The highest BCUT2D eigenvalue weighted by atomic mass is 32.2. The second-order valence-electron chi connectivity index (χ2n) is 4.17. The van der Waals surface area contributed by atoms with Crippen molar-refractivity contribution >= 4 is 33.2 Å². The van der Waals surface area contributed by atoms with Crippen LogP contribution in [-0.2, 0) is 16.6 Å². The highest BCUT2D eigenvalue weighted by Gasteiger charge is 2.09. The summed E-state index contributed by atoms with van der Waals surface area (Å²) < 4.78 is 11.2. The number of rotatable bonds is 4. The van der Waals surface area contributed by atoms with Gasteiger partial charge in [0.15, 0.2) is 5.13 Å². The van der Waals surface area contributed by atoms with Crippen molar-refractivity contribution in [2.45, 2.75) is 12.7 Å². The van der Waals surface area contributed by atoms with Crippen LogP contribution in [0.5, 0.6) is 0 Å². The molecule has 0 fully saturated rings. The maximum Gasteiger partial charge on any atom is 0.257 e. The van der Waals surface area contributed by atoms with Crippen molar-refractivity contribution in [1.82, 2.24) is 4.98 Å². The molecule has 0 radical (unpaired) electrons. The third kappa shape index (κ3) is 3.97. The van der Waals surface area contributed by atoms with Crippen LogP contribution in [0.3, 0.4) is 0 Å². The number of thiazole rings is 1. The Kier molecular flexibility index (Phi) is 4.44. The fourth-order valence-corrected chi connectivity index (χ4v) is 2.95. The second-order valence-corrected chi connectivity index (χ2v) is 6.46. The first-order valence-electron chi connectivity index (χ1n) is 5.67. The van der Waals surface area contributed by atoms with Crippen LogP contribution in [-0.4, -0.2) is 21.4 Å². The molecule has 1 atom stereocenters. The fraction of sp³-hybridized carbons (Fsp3) is 0.231. The van der Waals surface area contributed by atoms with E-state index in [0.717, 1.165) is 11.3 Å². The third-order valence-electron chi connectivity index (χ3n) is 2.40. The van der Waals surface area contributed by atoms with Crippen LogP contribution >= 0.6 is 11.3 Å². The number of nitrogens with zero attached hydrogens (tertiary/aromatic N) is 1. The Balaban J connectivity index is 2.12. The van der Waals surface area contributed by atoms with Crippen LogP contribution < -0.4 is 5.32 Å². The van der Waals surface area contributed by atoms with Gasteiger partial charge in [-0.3, -0.25) is 14.3 Å². The number of amides is 1. The summed E-state index contributed by atoms with van der Waals surface area (Å²) in [7, 11) is -0.915. The second kappa shape index (κ2) is 6.08. The van der Waals surface area contributed by atoms with Gasteiger partial charge in [-0.2, -0.15) is 0 Å². The van der Waals surface area contributed by atoms with E-state index >= 15 is 0 Å². The molecule has 0 aliphatic rings. The van der Waals surface area contributed by atoms with Gasteiger partial charge in [-0.05, 0) is 24.6 Å². The quantitative estimate of drug-likeness (QED) is 0.943. The molecule has 6 heteroatoms. The van der Waals surface area contributed by atoms with Gasteiger partial charge < -0.3 is 0 Å². The maximum atomic E-state index is 12.0. The Morgan fingerprint density at radius 3 is 2.89 bits per heavy atom. The molecule has 0 bridgehead atoms. The largest absolute Gasteiger partial charge is 0.298 e. The van der Waals surface area contributed by atoms with Crippen molar-refractivity contribution in [2.24, 2.45) is 0 Å². The van der Waals surface area contributed by atoms with Crippen LogP contribution in [0.4, 0.5) is 5.13 Å². The van der Waals surface area contributed by atoms with E-state index in [4.69, 9.17) is 0 Å². The van der Waals surface area contributed by atoms with Crippen molar-refractivity contribution in [3.8, 4) is 0 Å². The number of benzene rings is 1. The van der Waals surface area contributed by atoms with Crippen LogP contribution in [0.25, 0.3) is 0 Å². The molecule has 100 valence electrons. The van der Waals surface area contributed by atoms with E-state index in [9.17, 15) is 9.00 Å². The molecule has 0 saturated carbocycles. The van der Waals surface area contributed by atoms with Gasteiger partial charge in [0.05, 0.1) is 5.69 Å². The molecule has 0 spiro atoms. The molecule has 2 rings (SSSR count). The number of aryl methyl sites for hydroxylation is 1. The standard InChI is InChI=1S/C13H14N2O2S2/c1-9-7-18-13(14-9)15-12(16)11-5-3-4-10(6-11)8-19(2)17/h3-7H,8H2,1-2H3,(H,14,15,16). The average Bonchev–Trinajstić information content (AvgIpc) is 2.74. The fourth-order valence-electron chi connectivity index (χ4n) is 1.62. The average molecular weight is 294 g/mol. The van der Waals surface area contributed by atoms with Crippen molar-refractivity contribution in [1.29, 1.82) is 0 Å². The molecule has 4 nitrogen and oxygen atoms in total. The Morgan fingerprint density at radius 2 is 2.26 bits per heavy atom. The lowest BCUT2D eigenvalue weighted by Crippen LogP contribution is -2.12. The summed E-state index contributed by atoms with van der Waals surface area (Å²) in [5.41, 5.74) is 2.33. The minimum atomic E-state index is -0.915. The molecule has 0 aliphatic heterocycles. The number of carbonyl (C=O) groups is 1. The van der Waals surface area contributed by atoms with E-state index in [-0.39, 0.29) is 5.91 Å². The zero-order valence-corrected chi connectivity index (χ0v) is 12.3. The van der Waals surface area contributed by atoms with Gasteiger partial charge in [0.2, 0.25) is 0 Å². The summed E-state index contributed by atoms with van der Waals surface area (Å²) in [5.74, 6) is 0.260. The van der Waals surface area contributed by atoms with Gasteiger partial charge in [-0.1, -0.05) is 12.1 Å². The number of anilines is 1. The topological polar surface area (TPSA) is 59.1 Å². The SMILES string of the molecule is Cc1csc(NC(=O)c2cccc(CS(C)=O)c2)n1. The first kappa shape index (κ1) is 13.9. The number of hydrogen-bond donors (Lipinski definition) is 1. The predicted octanol–water partition coefficient (Wildman–Crippen LogP) is 2.58. The lowest BCUT2D eigenvalue weighted by atomic mass is 10.1. The van der Waals surface area contributed by atoms with Gasteiger partial charge >= 0.3 is 0 Å². The molecule has 1 unspecified atom stereocenters. The Hall–Kier alpha value is -1.53. The minimum absolute atomic E-state index is 0.196. The van der Waals surface area contributed by atoms with E-state index in [0.29, 0.717) is 16.4 Å². The molecule has 2 aromatic rings. The maximum absolute atomic E-state index is 12.0. The van der Waals surface area contributed by atoms with E-state index in [2.05, 4.69) is 10.3 Å². The lowest BCUT2D eigenvalue weighted by Gasteiger charge is -2.04. The number of hydrogen-bond acceptors (Lipinski definition) is 4. The summed E-state index contributed by atoms with van der Waals surface area (Å²) in [6, 6.07) is 7.16. The predicted molar refractivity (Wildman–Crippen MR) is 79.0 cm³/mol. The lowest BCUT2D eigenvalue weighted by molar-refractivity contribution is 0.102. The third-order valence-corrected chi connectivity index (χ3v) is 4.01. The summed E-state index contributed by atoms with van der Waals surface area (Å²) in [4.78, 5) is 16.2. The van der Waals surface area contributed by atoms with Crippen LogP contribution in [0.2, 0.25) is 0 Å². The number of carbonyl (C=O) groups excluding carboxylic acids is 1. The first-order valence-corrected chi connectivity index (χ1v) is 8.28. The molecule has 0 aliphatic carbocycles. The normalized spacial score (nSPS) is 12.1. The molecule has 1 N–H and O–H groups in total. The van der Waals surface area contributed by atoms with Gasteiger partial charge in [0.1, 0.15) is 0 Å². The van der Waals surface area contributed by atoms with Gasteiger partial charge in [0, 0.05) is 33.8 Å². The minimum Gasteiger partial charge on any atom is -0.298 e. The Bertz CT molecular complexity index is 623. The van der Waals surface area contributed by atoms with Gasteiger partial charge in [0.25, 0.3) is 5.91 Å². The number of aromatic nitrogens is 1. The number of nitrogens with one attached hydrogen (secondary N) is 1. The summed E-state index contributed by atoms with van der Waals surface area (Å²) in [6.07, 6.45) is 1.64. The van der Waals surface area contributed by atoms with Gasteiger partial charge in [-0.15, -0.1) is 11.3 Å². The van der Waals surface area contributed by atoms with Crippen molar-refractivity contribution in [3.63, 3.8) is 0 Å². The van der Waals surface area contributed by atoms with E-state index in [1.165, 1.54) is 11.3 Å². The Labute approximate surface area is 118 Å². The van der Waals surface area contributed by atoms with Crippen molar-refractivity contribution in [2.75, 3.05) is 11.6 Å². The summed E-state index contributed by atoms with van der Waals surface area (Å²) in [6.45, 7) is 1.88. The summed E-state index contributed by atoms with van der Waals surface area (Å²) >= 11 is 1.40. The Morgan fingerprint density at radius 1 is 1.47 bits per heavy atom. The first-order chi connectivity index (χ1) is 9.04. The molecule has 0 saturated heterocycles. The van der Waals surface area contributed by atoms with E-state index < -0.39 is 10.8 Å².